The summed E-state index contributed by atoms with van der Waals surface area (Å²) in [6.07, 6.45) is 1.83. The van der Waals surface area contributed by atoms with Crippen molar-refractivity contribution in [3.63, 3.8) is 0 Å². The fourth-order valence-electron chi connectivity index (χ4n) is 3.89. The predicted octanol–water partition coefficient (Wildman–Crippen LogP) is 3.55. The molecule has 2 N–H and O–H groups in total. The van der Waals surface area contributed by atoms with E-state index in [0.29, 0.717) is 17.7 Å². The largest absolute Gasteiger partial charge is 0.481 e. The summed E-state index contributed by atoms with van der Waals surface area (Å²) in [6, 6.07) is 14.2. The summed E-state index contributed by atoms with van der Waals surface area (Å²) in [7, 11) is 0. The number of aromatic amines is 1. The first kappa shape index (κ1) is 15.4. The van der Waals surface area contributed by atoms with Gasteiger partial charge in [-0.25, -0.2) is 0 Å². The molecule has 0 saturated heterocycles. The first-order valence-electron chi connectivity index (χ1n) is 8.32. The second-order valence-corrected chi connectivity index (χ2v) is 6.23. The highest BCUT2D eigenvalue weighted by atomic mass is 16.4. The van der Waals surface area contributed by atoms with E-state index in [1.165, 1.54) is 0 Å². The predicted molar refractivity (Wildman–Crippen MR) is 94.6 cm³/mol. The van der Waals surface area contributed by atoms with Crippen molar-refractivity contribution in [3.05, 3.63) is 71.4 Å². The number of benzene rings is 2. The second-order valence-electron chi connectivity index (χ2n) is 6.23. The van der Waals surface area contributed by atoms with Gasteiger partial charge >= 0.3 is 5.97 Å². The topological polar surface area (TPSA) is 73.4 Å². The van der Waals surface area contributed by atoms with Gasteiger partial charge in [0.05, 0.1) is 6.04 Å². The van der Waals surface area contributed by atoms with E-state index in [0.717, 1.165) is 16.5 Å². The van der Waals surface area contributed by atoms with Crippen LogP contribution in [0.3, 0.4) is 0 Å². The minimum Gasteiger partial charge on any atom is -0.481 e. The molecule has 5 nitrogen and oxygen atoms in total. The number of carboxylic acid groups (broad SMARTS) is 1. The normalized spacial score (nSPS) is 19.9. The highest BCUT2D eigenvalue weighted by Gasteiger charge is 2.44. The smallest absolute Gasteiger partial charge is 0.313 e. The number of carbonyl (C=O) groups is 2. The fourth-order valence-corrected chi connectivity index (χ4v) is 3.89. The van der Waals surface area contributed by atoms with Crippen molar-refractivity contribution in [2.45, 2.75) is 18.9 Å². The summed E-state index contributed by atoms with van der Waals surface area (Å²) in [5, 5.41) is 10.9. The van der Waals surface area contributed by atoms with Crippen molar-refractivity contribution < 1.29 is 14.7 Å². The van der Waals surface area contributed by atoms with Crippen LogP contribution in [0, 0.1) is 0 Å². The van der Waals surface area contributed by atoms with Crippen LogP contribution < -0.4 is 0 Å². The molecule has 0 aliphatic carbocycles. The molecule has 1 aromatic heterocycles. The number of likely N-dealkylation sites (N-methyl/N-ethyl adjacent to an activating group) is 1. The van der Waals surface area contributed by atoms with Crippen molar-refractivity contribution in [3.8, 4) is 0 Å². The summed E-state index contributed by atoms with van der Waals surface area (Å²) in [5.41, 5.74) is 2.84. The van der Waals surface area contributed by atoms with Gasteiger partial charge in [0.1, 0.15) is 5.92 Å². The zero-order valence-corrected chi connectivity index (χ0v) is 13.8. The minimum atomic E-state index is -0.923. The van der Waals surface area contributed by atoms with Gasteiger partial charge in [-0.15, -0.1) is 0 Å². The van der Waals surface area contributed by atoms with Crippen LogP contribution in [-0.2, 0) is 4.79 Å². The maximum absolute atomic E-state index is 13.0. The highest BCUT2D eigenvalue weighted by Crippen LogP contribution is 2.44. The average Bonchev–Trinajstić information content (AvgIpc) is 3.05. The molecule has 3 aromatic rings. The molecule has 0 radical (unpaired) electrons. The van der Waals surface area contributed by atoms with Gasteiger partial charge in [-0.3, -0.25) is 9.59 Å². The zero-order chi connectivity index (χ0) is 17.6. The number of nitrogens with zero attached hydrogens (tertiary/aromatic N) is 1. The lowest BCUT2D eigenvalue weighted by atomic mass is 9.79. The summed E-state index contributed by atoms with van der Waals surface area (Å²) in [4.78, 5) is 30.0. The van der Waals surface area contributed by atoms with Crippen LogP contribution in [0.25, 0.3) is 10.9 Å². The second kappa shape index (κ2) is 5.77. The number of hydrogen-bond acceptors (Lipinski definition) is 2. The Morgan fingerprint density at radius 3 is 2.60 bits per heavy atom. The number of amides is 1. The molecule has 1 aliphatic heterocycles. The number of aliphatic carboxylic acids is 1. The molecule has 0 spiro atoms. The maximum Gasteiger partial charge on any atom is 0.313 e. The Bertz CT molecular complexity index is 976. The average molecular weight is 334 g/mol. The number of aromatic nitrogens is 1. The SMILES string of the molecule is CCN1C(=O)c2ccccc2C(C(=O)O)C1c1c[nH]c2ccccc12. The molecule has 5 heteroatoms. The Balaban J connectivity index is 1.98. The molecular formula is C20H18N2O3. The Kier molecular flexibility index (Phi) is 3.57. The molecular weight excluding hydrogens is 316 g/mol. The zero-order valence-electron chi connectivity index (χ0n) is 13.8. The van der Waals surface area contributed by atoms with Crippen LogP contribution in [0.1, 0.15) is 40.4 Å². The molecule has 25 heavy (non-hydrogen) atoms. The third-order valence-corrected chi connectivity index (χ3v) is 4.99. The fraction of sp³-hybridized carbons (Fsp3) is 0.200. The lowest BCUT2D eigenvalue weighted by Gasteiger charge is -2.40. The van der Waals surface area contributed by atoms with Gasteiger partial charge < -0.3 is 15.0 Å². The summed E-state index contributed by atoms with van der Waals surface area (Å²) in [5.74, 6) is -1.84. The molecule has 126 valence electrons. The number of H-pyrrole nitrogens is 1. The van der Waals surface area contributed by atoms with E-state index >= 15 is 0 Å². The number of hydrogen-bond donors (Lipinski definition) is 2. The molecule has 2 heterocycles. The van der Waals surface area contributed by atoms with Crippen LogP contribution in [-0.4, -0.2) is 33.4 Å². The number of nitrogens with one attached hydrogen (secondary N) is 1. The first-order chi connectivity index (χ1) is 12.1. The summed E-state index contributed by atoms with van der Waals surface area (Å²) in [6.45, 7) is 2.33. The standard InChI is InChI=1S/C20H18N2O3/c1-2-22-18(15-11-21-16-10-6-5-7-12(15)16)17(20(24)25)13-8-3-4-9-14(13)19(22)23/h3-11,17-18,21H,2H2,1H3,(H,24,25). The number of carboxylic acids is 1. The van der Waals surface area contributed by atoms with Crippen molar-refractivity contribution in [1.82, 2.24) is 9.88 Å². The Morgan fingerprint density at radius 1 is 1.12 bits per heavy atom. The van der Waals surface area contributed by atoms with E-state index in [9.17, 15) is 14.7 Å². The number of para-hydroxylation sites is 1. The summed E-state index contributed by atoms with van der Waals surface area (Å²) < 4.78 is 0. The van der Waals surface area contributed by atoms with Crippen molar-refractivity contribution >= 4 is 22.8 Å². The lowest BCUT2D eigenvalue weighted by Crippen LogP contribution is -2.44. The van der Waals surface area contributed by atoms with Gasteiger partial charge in [0.25, 0.3) is 5.91 Å². The summed E-state index contributed by atoms with van der Waals surface area (Å²) >= 11 is 0. The molecule has 1 amide bonds. The van der Waals surface area contributed by atoms with Crippen molar-refractivity contribution in [1.29, 1.82) is 0 Å². The molecule has 2 atom stereocenters. The quantitative estimate of drug-likeness (QED) is 0.769. The van der Waals surface area contributed by atoms with Crippen LogP contribution in [0.15, 0.2) is 54.7 Å². The molecule has 0 bridgehead atoms. The van der Waals surface area contributed by atoms with Gasteiger partial charge in [0.15, 0.2) is 0 Å². The molecule has 2 unspecified atom stereocenters. The Labute approximate surface area is 144 Å². The monoisotopic (exact) mass is 334 g/mol. The van der Waals surface area contributed by atoms with Crippen molar-refractivity contribution in [2.24, 2.45) is 0 Å². The first-order valence-corrected chi connectivity index (χ1v) is 8.32. The number of carbonyl (C=O) groups excluding carboxylic acids is 1. The third-order valence-electron chi connectivity index (χ3n) is 4.99. The third kappa shape index (κ3) is 2.23. The van der Waals surface area contributed by atoms with Gasteiger partial charge in [0.2, 0.25) is 0 Å². The van der Waals surface area contributed by atoms with E-state index < -0.39 is 17.9 Å². The molecule has 2 aromatic carbocycles. The van der Waals surface area contributed by atoms with Gasteiger partial charge in [-0.2, -0.15) is 0 Å². The van der Waals surface area contributed by atoms with E-state index in [-0.39, 0.29) is 5.91 Å². The van der Waals surface area contributed by atoms with E-state index in [2.05, 4.69) is 4.98 Å². The number of rotatable bonds is 3. The molecule has 0 fully saturated rings. The van der Waals surface area contributed by atoms with Crippen LogP contribution >= 0.6 is 0 Å². The molecule has 0 saturated carbocycles. The van der Waals surface area contributed by atoms with Crippen molar-refractivity contribution in [2.75, 3.05) is 6.54 Å². The van der Waals surface area contributed by atoms with E-state index in [4.69, 9.17) is 0 Å². The Hall–Kier alpha value is -3.08. The van der Waals surface area contributed by atoms with Crippen LogP contribution in [0.5, 0.6) is 0 Å². The van der Waals surface area contributed by atoms with E-state index in [1.807, 2.05) is 37.4 Å². The molecule has 1 aliphatic rings. The Morgan fingerprint density at radius 2 is 1.84 bits per heavy atom. The lowest BCUT2D eigenvalue weighted by molar-refractivity contribution is -0.140. The maximum atomic E-state index is 13.0. The van der Waals surface area contributed by atoms with Gasteiger partial charge in [-0.05, 0) is 24.6 Å². The molecule has 4 rings (SSSR count). The van der Waals surface area contributed by atoms with Crippen LogP contribution in [0.2, 0.25) is 0 Å². The minimum absolute atomic E-state index is 0.120. The highest BCUT2D eigenvalue weighted by molar-refractivity contribution is 6.01. The van der Waals surface area contributed by atoms with Gasteiger partial charge in [0, 0.05) is 34.8 Å². The van der Waals surface area contributed by atoms with E-state index in [1.54, 1.807) is 29.2 Å². The van der Waals surface area contributed by atoms with Gasteiger partial charge in [-0.1, -0.05) is 36.4 Å². The number of fused-ring (bicyclic) bond motifs is 2. The van der Waals surface area contributed by atoms with Crippen LogP contribution in [0.4, 0.5) is 0 Å².